The second-order valence-electron chi connectivity index (χ2n) is 8.42. The number of aromatic nitrogens is 2. The third kappa shape index (κ3) is 5.57. The van der Waals surface area contributed by atoms with Gasteiger partial charge in [0.2, 0.25) is 5.91 Å². The number of benzene rings is 1. The topological polar surface area (TPSA) is 68.5 Å². The van der Waals surface area contributed by atoms with E-state index in [1.165, 1.54) is 0 Å². The number of nitrogens with one attached hydrogen (secondary N) is 1. The lowest BCUT2D eigenvalue weighted by molar-refractivity contribution is -0.121. The molecule has 7 heteroatoms. The average Bonchev–Trinajstić information content (AvgIpc) is 3.07. The molecule has 31 heavy (non-hydrogen) atoms. The number of aryl methyl sites for hydroxylation is 2. The van der Waals surface area contributed by atoms with Crippen LogP contribution in [0.25, 0.3) is 11.0 Å². The molecule has 1 amide bonds. The third-order valence-electron chi connectivity index (χ3n) is 6.55. The lowest BCUT2D eigenvalue weighted by Gasteiger charge is -2.38. The lowest BCUT2D eigenvalue weighted by Crippen LogP contribution is -2.52. The van der Waals surface area contributed by atoms with Gasteiger partial charge in [0.15, 0.2) is 0 Å². The molecule has 1 saturated heterocycles. The molecule has 1 aromatic carbocycles. The first-order chi connectivity index (χ1) is 15.1. The summed E-state index contributed by atoms with van der Waals surface area (Å²) in [4.78, 5) is 28.1. The summed E-state index contributed by atoms with van der Waals surface area (Å²) in [5, 5.41) is 3.16. The molecule has 1 aliphatic heterocycles. The largest absolute Gasteiger partial charge is 0.379 e. The molecular formula is C24H38N4O3. The van der Waals surface area contributed by atoms with Gasteiger partial charge >= 0.3 is 5.69 Å². The Hall–Kier alpha value is -2.12. The van der Waals surface area contributed by atoms with Crippen LogP contribution in [-0.4, -0.2) is 58.8 Å². The van der Waals surface area contributed by atoms with Crippen LogP contribution >= 0.6 is 0 Å². The maximum absolute atomic E-state index is 12.9. The zero-order chi connectivity index (χ0) is 22.2. The van der Waals surface area contributed by atoms with Gasteiger partial charge in [-0.3, -0.25) is 18.8 Å². The highest BCUT2D eigenvalue weighted by atomic mass is 16.5. The van der Waals surface area contributed by atoms with E-state index in [0.29, 0.717) is 38.0 Å². The van der Waals surface area contributed by atoms with Gasteiger partial charge in [0.1, 0.15) is 0 Å². The van der Waals surface area contributed by atoms with Gasteiger partial charge in [-0.25, -0.2) is 4.79 Å². The summed E-state index contributed by atoms with van der Waals surface area (Å²) >= 11 is 0. The summed E-state index contributed by atoms with van der Waals surface area (Å²) in [7, 11) is 0. The van der Waals surface area contributed by atoms with Crippen LogP contribution in [0, 0.1) is 5.92 Å². The summed E-state index contributed by atoms with van der Waals surface area (Å²) < 4.78 is 9.07. The van der Waals surface area contributed by atoms with Gasteiger partial charge in [-0.15, -0.1) is 0 Å². The maximum Gasteiger partial charge on any atom is 0.329 e. The number of hydrogen-bond donors (Lipinski definition) is 1. The Morgan fingerprint density at radius 3 is 2.23 bits per heavy atom. The van der Waals surface area contributed by atoms with Crippen molar-refractivity contribution in [2.75, 3.05) is 32.8 Å². The van der Waals surface area contributed by atoms with Crippen LogP contribution in [0.2, 0.25) is 0 Å². The predicted octanol–water partition coefficient (Wildman–Crippen LogP) is 2.86. The minimum absolute atomic E-state index is 0.00318. The molecule has 0 radical (unpaired) electrons. The first-order valence-electron chi connectivity index (χ1n) is 11.9. The first kappa shape index (κ1) is 23.5. The van der Waals surface area contributed by atoms with Crippen molar-refractivity contribution in [3.8, 4) is 0 Å². The molecule has 1 unspecified atom stereocenters. The highest BCUT2D eigenvalue weighted by Gasteiger charge is 2.27. The van der Waals surface area contributed by atoms with Crippen molar-refractivity contribution in [2.45, 2.75) is 65.6 Å². The fraction of sp³-hybridized carbons (Fsp3) is 0.667. The van der Waals surface area contributed by atoms with Gasteiger partial charge in [0.05, 0.1) is 24.2 Å². The average molecular weight is 431 g/mol. The molecule has 0 aliphatic carbocycles. The number of fused-ring (bicyclic) bond motifs is 1. The zero-order valence-electron chi connectivity index (χ0n) is 19.3. The Labute approximate surface area is 185 Å². The number of para-hydroxylation sites is 2. The maximum atomic E-state index is 12.9. The summed E-state index contributed by atoms with van der Waals surface area (Å²) in [5.74, 6) is 0.552. The minimum Gasteiger partial charge on any atom is -0.379 e. The van der Waals surface area contributed by atoms with E-state index in [0.717, 1.165) is 56.6 Å². The van der Waals surface area contributed by atoms with E-state index in [4.69, 9.17) is 4.74 Å². The van der Waals surface area contributed by atoms with Gasteiger partial charge in [0, 0.05) is 45.2 Å². The van der Waals surface area contributed by atoms with E-state index in [1.54, 1.807) is 4.57 Å². The molecule has 7 nitrogen and oxygen atoms in total. The molecule has 3 rings (SSSR count). The van der Waals surface area contributed by atoms with Crippen LogP contribution < -0.4 is 11.0 Å². The van der Waals surface area contributed by atoms with Crippen molar-refractivity contribution >= 4 is 16.9 Å². The standard InChI is InChI=1S/C24H38N4O3/c1-4-12-27-20-9-7-8-10-21(20)28(24(27)30)13-11-23(29)25-18-22(19(5-2)6-3)26-14-16-31-17-15-26/h7-10,19,22H,4-6,11-18H2,1-3H3,(H,25,29). The van der Waals surface area contributed by atoms with E-state index in [1.807, 2.05) is 28.8 Å². The second-order valence-corrected chi connectivity index (χ2v) is 8.42. The highest BCUT2D eigenvalue weighted by Crippen LogP contribution is 2.20. The molecule has 1 aromatic heterocycles. The Balaban J connectivity index is 1.64. The second kappa shape index (κ2) is 11.5. The normalized spacial score (nSPS) is 16.1. The first-order valence-corrected chi connectivity index (χ1v) is 11.9. The Morgan fingerprint density at radius 1 is 1.03 bits per heavy atom. The zero-order valence-corrected chi connectivity index (χ0v) is 19.3. The van der Waals surface area contributed by atoms with Crippen LogP contribution in [0.4, 0.5) is 0 Å². The molecule has 0 spiro atoms. The molecule has 2 aromatic rings. The summed E-state index contributed by atoms with van der Waals surface area (Å²) in [6.45, 7) is 11.6. The van der Waals surface area contributed by atoms with E-state index in [9.17, 15) is 9.59 Å². The van der Waals surface area contributed by atoms with Crippen LogP contribution in [0.1, 0.15) is 46.5 Å². The minimum atomic E-state index is -0.0286. The van der Waals surface area contributed by atoms with Crippen molar-refractivity contribution in [3.05, 3.63) is 34.7 Å². The van der Waals surface area contributed by atoms with Crippen molar-refractivity contribution in [3.63, 3.8) is 0 Å². The van der Waals surface area contributed by atoms with Gasteiger partial charge in [-0.2, -0.15) is 0 Å². The van der Waals surface area contributed by atoms with Crippen molar-refractivity contribution < 1.29 is 9.53 Å². The van der Waals surface area contributed by atoms with Gasteiger partial charge in [0.25, 0.3) is 0 Å². The molecule has 1 N–H and O–H groups in total. The molecule has 1 aliphatic rings. The van der Waals surface area contributed by atoms with E-state index in [-0.39, 0.29) is 11.6 Å². The van der Waals surface area contributed by atoms with Crippen LogP contribution in [0.3, 0.4) is 0 Å². The van der Waals surface area contributed by atoms with Crippen LogP contribution in [0.15, 0.2) is 29.1 Å². The van der Waals surface area contributed by atoms with Crippen LogP contribution in [0.5, 0.6) is 0 Å². The molecule has 1 fully saturated rings. The quantitative estimate of drug-likeness (QED) is 0.595. The summed E-state index contributed by atoms with van der Waals surface area (Å²) in [6, 6.07) is 8.16. The number of imidazole rings is 1. The molecule has 0 bridgehead atoms. The van der Waals surface area contributed by atoms with Gasteiger partial charge in [-0.05, 0) is 24.5 Å². The smallest absolute Gasteiger partial charge is 0.329 e. The number of carbonyl (C=O) groups excluding carboxylic acids is 1. The number of nitrogens with zero attached hydrogens (tertiary/aromatic N) is 3. The SMILES string of the molecule is CCCn1c(=O)n(CCC(=O)NCC(C(CC)CC)N2CCOCC2)c2ccccc21. The molecule has 1 atom stereocenters. The fourth-order valence-corrected chi connectivity index (χ4v) is 4.78. The van der Waals surface area contributed by atoms with E-state index in [2.05, 4.69) is 31.0 Å². The summed E-state index contributed by atoms with van der Waals surface area (Å²) in [5.41, 5.74) is 1.81. The van der Waals surface area contributed by atoms with Gasteiger partial charge < -0.3 is 10.1 Å². The van der Waals surface area contributed by atoms with Gasteiger partial charge in [-0.1, -0.05) is 45.7 Å². The molecule has 172 valence electrons. The molecule has 0 saturated carbocycles. The Kier molecular flexibility index (Phi) is 8.72. The lowest BCUT2D eigenvalue weighted by atomic mass is 9.92. The Bertz CT molecular complexity index is 894. The summed E-state index contributed by atoms with van der Waals surface area (Å²) in [6.07, 6.45) is 3.40. The monoisotopic (exact) mass is 430 g/mol. The van der Waals surface area contributed by atoms with E-state index < -0.39 is 0 Å². The fourth-order valence-electron chi connectivity index (χ4n) is 4.78. The predicted molar refractivity (Wildman–Crippen MR) is 124 cm³/mol. The highest BCUT2D eigenvalue weighted by molar-refractivity contribution is 5.78. The van der Waals surface area contributed by atoms with Crippen molar-refractivity contribution in [1.82, 2.24) is 19.4 Å². The van der Waals surface area contributed by atoms with Crippen LogP contribution in [-0.2, 0) is 22.6 Å². The third-order valence-corrected chi connectivity index (χ3v) is 6.55. The molecular weight excluding hydrogens is 392 g/mol. The van der Waals surface area contributed by atoms with Crippen molar-refractivity contribution in [2.24, 2.45) is 5.92 Å². The Morgan fingerprint density at radius 2 is 1.65 bits per heavy atom. The number of rotatable bonds is 11. The van der Waals surface area contributed by atoms with Crippen molar-refractivity contribution in [1.29, 1.82) is 0 Å². The molecule has 2 heterocycles. The number of amides is 1. The number of hydrogen-bond acceptors (Lipinski definition) is 4. The number of ether oxygens (including phenoxy) is 1. The number of morpholine rings is 1. The van der Waals surface area contributed by atoms with E-state index >= 15 is 0 Å². The number of carbonyl (C=O) groups is 1.